The van der Waals surface area contributed by atoms with Crippen molar-refractivity contribution in [1.82, 2.24) is 19.7 Å². The lowest BCUT2D eigenvalue weighted by Crippen LogP contribution is -2.28. The maximum absolute atomic E-state index is 13.4. The van der Waals surface area contributed by atoms with Crippen molar-refractivity contribution in [3.8, 4) is 0 Å². The third-order valence-corrected chi connectivity index (χ3v) is 5.55. The zero-order valence-electron chi connectivity index (χ0n) is 18.0. The minimum absolute atomic E-state index is 0.00867. The molecule has 33 heavy (non-hydrogen) atoms. The minimum Gasteiger partial charge on any atom is -0.356 e. The number of benzene rings is 1. The molecule has 0 aliphatic rings. The summed E-state index contributed by atoms with van der Waals surface area (Å²) >= 11 is 0. The number of aryl methyl sites for hydroxylation is 1. The molecule has 0 aliphatic heterocycles. The van der Waals surface area contributed by atoms with Crippen LogP contribution in [-0.4, -0.2) is 26.8 Å². The monoisotopic (exact) mass is 452 g/mol. The van der Waals surface area contributed by atoms with Crippen molar-refractivity contribution in [2.45, 2.75) is 31.9 Å². The van der Waals surface area contributed by atoms with E-state index in [1.54, 1.807) is 18.5 Å². The van der Waals surface area contributed by atoms with Crippen molar-refractivity contribution >= 4 is 11.6 Å². The number of alkyl halides is 3. The van der Waals surface area contributed by atoms with Gasteiger partial charge in [-0.25, -0.2) is 4.98 Å². The van der Waals surface area contributed by atoms with Gasteiger partial charge < -0.3 is 9.72 Å². The Morgan fingerprint density at radius 3 is 2.70 bits per heavy atom. The highest BCUT2D eigenvalue weighted by Gasteiger charge is 2.32. The summed E-state index contributed by atoms with van der Waals surface area (Å²) in [5.74, 6) is -0.852. The number of rotatable bonds is 7. The lowest BCUT2D eigenvalue weighted by atomic mass is 9.91. The van der Waals surface area contributed by atoms with E-state index in [9.17, 15) is 18.0 Å². The van der Waals surface area contributed by atoms with Gasteiger partial charge in [0.1, 0.15) is 5.65 Å². The lowest BCUT2D eigenvalue weighted by Gasteiger charge is -2.19. The molecule has 170 valence electrons. The van der Waals surface area contributed by atoms with E-state index in [0.717, 1.165) is 23.4 Å². The topological polar surface area (TPSA) is 59.3 Å². The number of hydrogen-bond donors (Lipinski definition) is 1. The summed E-state index contributed by atoms with van der Waals surface area (Å²) in [4.78, 5) is 21.5. The van der Waals surface area contributed by atoms with Crippen molar-refractivity contribution in [3.63, 3.8) is 0 Å². The summed E-state index contributed by atoms with van der Waals surface area (Å²) < 4.78 is 41.9. The number of carbonyl (C=O) groups excluding carboxylic acids is 1. The third-order valence-electron chi connectivity index (χ3n) is 5.55. The molecule has 5 nitrogen and oxygen atoms in total. The highest BCUT2D eigenvalue weighted by molar-refractivity contribution is 5.77. The van der Waals surface area contributed by atoms with E-state index in [-0.39, 0.29) is 12.3 Å². The molecule has 0 bridgehead atoms. The van der Waals surface area contributed by atoms with Gasteiger partial charge in [0.25, 0.3) is 0 Å². The lowest BCUT2D eigenvalue weighted by molar-refractivity contribution is -0.137. The predicted molar refractivity (Wildman–Crippen MR) is 119 cm³/mol. The number of nitrogens with zero attached hydrogens (tertiary/aromatic N) is 3. The maximum Gasteiger partial charge on any atom is 0.416 e. The second-order valence-electron chi connectivity index (χ2n) is 7.87. The predicted octanol–water partition coefficient (Wildman–Crippen LogP) is 4.94. The fraction of sp³-hybridized carbons (Fsp3) is 0.240. The normalized spacial score (nSPS) is 12.6. The molecule has 1 amide bonds. The van der Waals surface area contributed by atoms with Crippen LogP contribution < -0.4 is 5.32 Å². The summed E-state index contributed by atoms with van der Waals surface area (Å²) in [7, 11) is 0. The molecule has 0 saturated carbocycles. The molecule has 8 heteroatoms. The first kappa shape index (κ1) is 22.5. The molecule has 1 unspecified atom stereocenters. The Kier molecular flexibility index (Phi) is 6.44. The van der Waals surface area contributed by atoms with Gasteiger partial charge in [-0.15, -0.1) is 0 Å². The van der Waals surface area contributed by atoms with Gasteiger partial charge in [0, 0.05) is 49.6 Å². The van der Waals surface area contributed by atoms with Crippen LogP contribution in [0.5, 0.6) is 0 Å². The number of amides is 1. The van der Waals surface area contributed by atoms with Crippen molar-refractivity contribution < 1.29 is 18.0 Å². The van der Waals surface area contributed by atoms with Gasteiger partial charge >= 0.3 is 6.18 Å². The highest BCUT2D eigenvalue weighted by Crippen LogP contribution is 2.34. The largest absolute Gasteiger partial charge is 0.416 e. The first-order valence-electron chi connectivity index (χ1n) is 10.6. The Morgan fingerprint density at radius 2 is 1.94 bits per heavy atom. The highest BCUT2D eigenvalue weighted by atomic mass is 19.4. The Hall–Kier alpha value is -3.68. The van der Waals surface area contributed by atoms with Crippen LogP contribution in [0.25, 0.3) is 5.65 Å². The Balaban J connectivity index is 1.62. The second-order valence-corrected chi connectivity index (χ2v) is 7.87. The molecular weight excluding hydrogens is 429 g/mol. The van der Waals surface area contributed by atoms with Crippen molar-refractivity contribution in [2.75, 3.05) is 6.54 Å². The third kappa shape index (κ3) is 5.22. The SMILES string of the molecule is Cc1cccn2c(C(CC(=O)NCCc3ccccn3)c3cccc(C(F)(F)F)c3)cnc12. The fourth-order valence-corrected chi connectivity index (χ4v) is 3.89. The first-order chi connectivity index (χ1) is 15.8. The van der Waals surface area contributed by atoms with E-state index < -0.39 is 17.7 Å². The molecule has 0 radical (unpaired) electrons. The molecule has 4 aromatic rings. The number of aromatic nitrogens is 3. The van der Waals surface area contributed by atoms with E-state index in [1.807, 2.05) is 47.9 Å². The first-order valence-corrected chi connectivity index (χ1v) is 10.6. The Labute approximate surface area is 189 Å². The molecule has 1 atom stereocenters. The average Bonchev–Trinajstić information content (AvgIpc) is 3.23. The average molecular weight is 452 g/mol. The van der Waals surface area contributed by atoms with Gasteiger partial charge in [-0.05, 0) is 42.3 Å². The van der Waals surface area contributed by atoms with Crippen molar-refractivity contribution in [2.24, 2.45) is 0 Å². The number of fused-ring (bicyclic) bond motifs is 1. The van der Waals surface area contributed by atoms with E-state index in [1.165, 1.54) is 6.07 Å². The molecule has 0 fully saturated rings. The standard InChI is InChI=1S/C25H23F3N4O/c1-17-6-5-13-32-22(16-31-24(17)32)21(18-7-4-8-19(14-18)25(26,27)28)15-23(33)30-12-10-20-9-2-3-11-29-20/h2-9,11,13-14,16,21H,10,12,15H2,1H3,(H,30,33). The van der Waals surface area contributed by atoms with E-state index in [2.05, 4.69) is 15.3 Å². The molecule has 1 N–H and O–H groups in total. The molecule has 3 heterocycles. The minimum atomic E-state index is -4.47. The van der Waals surface area contributed by atoms with E-state index in [0.29, 0.717) is 29.9 Å². The van der Waals surface area contributed by atoms with Crippen molar-refractivity contribution in [1.29, 1.82) is 0 Å². The van der Waals surface area contributed by atoms with Crippen LogP contribution in [0, 0.1) is 6.92 Å². The molecule has 0 spiro atoms. The van der Waals surface area contributed by atoms with Crippen LogP contribution in [0.3, 0.4) is 0 Å². The zero-order valence-corrected chi connectivity index (χ0v) is 18.0. The summed E-state index contributed by atoms with van der Waals surface area (Å²) in [6.07, 6.45) is 1.22. The van der Waals surface area contributed by atoms with Gasteiger partial charge in [0.2, 0.25) is 5.91 Å². The van der Waals surface area contributed by atoms with Crippen LogP contribution in [-0.2, 0) is 17.4 Å². The van der Waals surface area contributed by atoms with Crippen LogP contribution in [0.1, 0.15) is 40.4 Å². The Bertz CT molecular complexity index is 1250. The molecule has 3 aromatic heterocycles. The van der Waals surface area contributed by atoms with Crippen LogP contribution in [0.2, 0.25) is 0 Å². The quantitative estimate of drug-likeness (QED) is 0.432. The number of pyridine rings is 2. The number of halogens is 3. The molecule has 0 saturated heterocycles. The van der Waals surface area contributed by atoms with Gasteiger partial charge in [-0.1, -0.05) is 30.3 Å². The van der Waals surface area contributed by atoms with Crippen molar-refractivity contribution in [3.05, 3.63) is 101 Å². The van der Waals surface area contributed by atoms with E-state index in [4.69, 9.17) is 0 Å². The molecule has 1 aromatic carbocycles. The second kappa shape index (κ2) is 9.44. The van der Waals surface area contributed by atoms with Crippen LogP contribution in [0.4, 0.5) is 13.2 Å². The smallest absolute Gasteiger partial charge is 0.356 e. The van der Waals surface area contributed by atoms with Gasteiger partial charge in [0.05, 0.1) is 11.3 Å². The summed E-state index contributed by atoms with van der Waals surface area (Å²) in [5.41, 5.74) is 2.82. The van der Waals surface area contributed by atoms with Gasteiger partial charge in [-0.2, -0.15) is 13.2 Å². The molecule has 4 rings (SSSR count). The van der Waals surface area contributed by atoms with Gasteiger partial charge in [0.15, 0.2) is 0 Å². The molecule has 0 aliphatic carbocycles. The summed E-state index contributed by atoms with van der Waals surface area (Å²) in [5, 5.41) is 2.87. The number of imidazole rings is 1. The summed E-state index contributed by atoms with van der Waals surface area (Å²) in [6.45, 7) is 2.30. The number of hydrogen-bond acceptors (Lipinski definition) is 3. The van der Waals surface area contributed by atoms with Gasteiger partial charge in [-0.3, -0.25) is 9.78 Å². The maximum atomic E-state index is 13.4. The number of nitrogens with one attached hydrogen (secondary N) is 1. The summed E-state index contributed by atoms with van der Waals surface area (Å²) in [6, 6.07) is 14.5. The Morgan fingerprint density at radius 1 is 1.09 bits per heavy atom. The fourth-order valence-electron chi connectivity index (χ4n) is 3.89. The zero-order chi connectivity index (χ0) is 23.4. The van der Waals surface area contributed by atoms with Crippen LogP contribution >= 0.6 is 0 Å². The van der Waals surface area contributed by atoms with E-state index >= 15 is 0 Å². The van der Waals surface area contributed by atoms with Crippen LogP contribution in [0.15, 0.2) is 73.2 Å². The molecular formula is C25H23F3N4O. The number of carbonyl (C=O) groups is 1.